The highest BCUT2D eigenvalue weighted by Crippen LogP contribution is 2.19. The van der Waals surface area contributed by atoms with E-state index in [1.165, 1.54) is 11.1 Å². The van der Waals surface area contributed by atoms with Crippen molar-refractivity contribution >= 4 is 0 Å². The second-order valence-corrected chi connectivity index (χ2v) is 9.29. The number of allylic oxidation sites excluding steroid dienone is 2. The molecule has 0 amide bonds. The van der Waals surface area contributed by atoms with Crippen LogP contribution in [0.2, 0.25) is 0 Å². The maximum Gasteiger partial charge on any atom is 0.120 e. The molecular formula is C29H37NO2. The number of likely N-dealkylation sites (N-methyl/N-ethyl adjacent to an activating group) is 1. The molecule has 0 aliphatic heterocycles. The number of rotatable bonds is 10. The van der Waals surface area contributed by atoms with Crippen LogP contribution in [0.3, 0.4) is 0 Å². The van der Waals surface area contributed by atoms with Gasteiger partial charge in [0.1, 0.15) is 24.7 Å². The van der Waals surface area contributed by atoms with Crippen molar-refractivity contribution in [2.75, 3.05) is 20.2 Å². The number of nitrogens with zero attached hydrogens (tertiary/aromatic N) is 1. The van der Waals surface area contributed by atoms with Gasteiger partial charge in [-0.2, -0.15) is 0 Å². The van der Waals surface area contributed by atoms with Gasteiger partial charge in [-0.25, -0.2) is 0 Å². The third kappa shape index (κ3) is 10.9. The summed E-state index contributed by atoms with van der Waals surface area (Å²) in [6.45, 7) is 13.3. The Morgan fingerprint density at radius 3 is 2.31 bits per heavy atom. The van der Waals surface area contributed by atoms with Crippen LogP contribution in [0.5, 0.6) is 11.5 Å². The van der Waals surface area contributed by atoms with Crippen molar-refractivity contribution < 1.29 is 9.47 Å². The standard InChI is InChI=1S/C29H37NO2/c1-24(2)16-19-31-27-14-11-13-26(21-27)23-32-28-15-10-12-25(20-28)22-30(6)18-9-7-8-17-29(3,4)5/h7,9-16,20-21H,18-19,22-23H2,1-6H3/b9-7+. The molecule has 0 heterocycles. The van der Waals surface area contributed by atoms with E-state index in [0.717, 1.165) is 30.2 Å². The van der Waals surface area contributed by atoms with Crippen molar-refractivity contribution in [3.8, 4) is 23.3 Å². The SMILES string of the molecule is CC(C)=CCOc1cccc(COc2cccc(CN(C)C/C=C/C#CC(C)(C)C)c2)c1. The van der Waals surface area contributed by atoms with Crippen molar-refractivity contribution in [3.05, 3.63) is 83.5 Å². The summed E-state index contributed by atoms with van der Waals surface area (Å²) in [7, 11) is 2.11. The molecule has 2 rings (SSSR count). The third-order valence-electron chi connectivity index (χ3n) is 4.46. The molecule has 3 heteroatoms. The lowest BCUT2D eigenvalue weighted by Crippen LogP contribution is -2.17. The predicted octanol–water partition coefficient (Wildman–Crippen LogP) is 6.65. The quantitative estimate of drug-likeness (QED) is 0.311. The maximum absolute atomic E-state index is 6.04. The molecule has 0 spiro atoms. The molecule has 3 nitrogen and oxygen atoms in total. The Morgan fingerprint density at radius 1 is 0.969 bits per heavy atom. The Bertz CT molecular complexity index is 966. The molecule has 170 valence electrons. The van der Waals surface area contributed by atoms with E-state index in [4.69, 9.17) is 9.47 Å². The molecule has 0 aliphatic carbocycles. The smallest absolute Gasteiger partial charge is 0.120 e. The number of benzene rings is 2. The molecular weight excluding hydrogens is 394 g/mol. The summed E-state index contributed by atoms with van der Waals surface area (Å²) < 4.78 is 11.8. The minimum Gasteiger partial charge on any atom is -0.490 e. The van der Waals surface area contributed by atoms with Crippen LogP contribution in [0.1, 0.15) is 45.7 Å². The van der Waals surface area contributed by atoms with Gasteiger partial charge in [0.15, 0.2) is 0 Å². The zero-order chi connectivity index (χ0) is 23.4. The summed E-state index contributed by atoms with van der Waals surface area (Å²) in [5.74, 6) is 8.07. The monoisotopic (exact) mass is 431 g/mol. The molecule has 0 unspecified atom stereocenters. The topological polar surface area (TPSA) is 21.7 Å². The van der Waals surface area contributed by atoms with E-state index < -0.39 is 0 Å². The Hall–Kier alpha value is -2.96. The van der Waals surface area contributed by atoms with E-state index >= 15 is 0 Å². The van der Waals surface area contributed by atoms with Crippen LogP contribution in [0.15, 0.2) is 72.3 Å². The van der Waals surface area contributed by atoms with Crippen LogP contribution in [0.25, 0.3) is 0 Å². The summed E-state index contributed by atoms with van der Waals surface area (Å²) >= 11 is 0. The molecule has 0 saturated carbocycles. The van der Waals surface area contributed by atoms with Gasteiger partial charge in [0, 0.05) is 18.5 Å². The van der Waals surface area contributed by atoms with Crippen LogP contribution in [-0.2, 0) is 13.2 Å². The van der Waals surface area contributed by atoms with Crippen molar-refractivity contribution in [1.29, 1.82) is 0 Å². The van der Waals surface area contributed by atoms with Gasteiger partial charge in [-0.05, 0) is 89.2 Å². The molecule has 0 atom stereocenters. The molecule has 32 heavy (non-hydrogen) atoms. The lowest BCUT2D eigenvalue weighted by molar-refractivity contribution is 0.302. The van der Waals surface area contributed by atoms with Gasteiger partial charge in [-0.1, -0.05) is 47.8 Å². The molecule has 2 aromatic carbocycles. The van der Waals surface area contributed by atoms with E-state index in [-0.39, 0.29) is 5.41 Å². The third-order valence-corrected chi connectivity index (χ3v) is 4.46. The van der Waals surface area contributed by atoms with E-state index in [1.54, 1.807) is 0 Å². The Morgan fingerprint density at radius 2 is 1.62 bits per heavy atom. The first-order valence-corrected chi connectivity index (χ1v) is 11.1. The number of hydrogen-bond donors (Lipinski definition) is 0. The fourth-order valence-corrected chi connectivity index (χ4v) is 2.86. The molecule has 0 aliphatic rings. The highest BCUT2D eigenvalue weighted by atomic mass is 16.5. The minimum absolute atomic E-state index is 0.0382. The van der Waals surface area contributed by atoms with Crippen molar-refractivity contribution in [1.82, 2.24) is 4.90 Å². The Kier molecular flexibility index (Phi) is 10.1. The molecule has 2 aromatic rings. The first-order valence-electron chi connectivity index (χ1n) is 11.1. The fourth-order valence-electron chi connectivity index (χ4n) is 2.86. The average Bonchev–Trinajstić information content (AvgIpc) is 2.71. The van der Waals surface area contributed by atoms with Crippen LogP contribution in [-0.4, -0.2) is 25.1 Å². The summed E-state index contributed by atoms with van der Waals surface area (Å²) in [6.07, 6.45) is 6.12. The van der Waals surface area contributed by atoms with Crippen molar-refractivity contribution in [3.63, 3.8) is 0 Å². The summed E-state index contributed by atoms with van der Waals surface area (Å²) in [6, 6.07) is 16.3. The number of ether oxygens (including phenoxy) is 2. The van der Waals surface area contributed by atoms with Crippen molar-refractivity contribution in [2.24, 2.45) is 5.41 Å². The lowest BCUT2D eigenvalue weighted by Gasteiger charge is -2.15. The normalized spacial score (nSPS) is 11.2. The zero-order valence-corrected chi connectivity index (χ0v) is 20.4. The van der Waals surface area contributed by atoms with E-state index in [2.05, 4.69) is 88.8 Å². The molecule has 0 saturated heterocycles. The Labute approximate surface area is 194 Å². The van der Waals surface area contributed by atoms with Gasteiger partial charge >= 0.3 is 0 Å². The molecule has 0 radical (unpaired) electrons. The highest BCUT2D eigenvalue weighted by molar-refractivity contribution is 5.31. The molecule has 0 N–H and O–H groups in total. The summed E-state index contributed by atoms with van der Waals surface area (Å²) in [4.78, 5) is 2.25. The van der Waals surface area contributed by atoms with Crippen LogP contribution in [0, 0.1) is 17.3 Å². The van der Waals surface area contributed by atoms with E-state index in [1.807, 2.05) is 36.4 Å². The van der Waals surface area contributed by atoms with Crippen LogP contribution < -0.4 is 9.47 Å². The van der Waals surface area contributed by atoms with Gasteiger partial charge in [0.2, 0.25) is 0 Å². The second kappa shape index (κ2) is 12.8. The minimum atomic E-state index is 0.0382. The van der Waals surface area contributed by atoms with Gasteiger partial charge in [-0.3, -0.25) is 4.90 Å². The second-order valence-electron chi connectivity index (χ2n) is 9.29. The molecule has 0 fully saturated rings. The Balaban J connectivity index is 1.86. The summed E-state index contributed by atoms with van der Waals surface area (Å²) in [5.41, 5.74) is 3.60. The average molecular weight is 432 g/mol. The number of hydrogen-bond acceptors (Lipinski definition) is 3. The maximum atomic E-state index is 6.04. The van der Waals surface area contributed by atoms with Gasteiger partial charge in [0.25, 0.3) is 0 Å². The van der Waals surface area contributed by atoms with Crippen LogP contribution >= 0.6 is 0 Å². The van der Waals surface area contributed by atoms with Crippen molar-refractivity contribution in [2.45, 2.75) is 47.8 Å². The first kappa shape index (κ1) is 25.3. The molecule has 0 aromatic heterocycles. The van der Waals surface area contributed by atoms with E-state index in [0.29, 0.717) is 13.2 Å². The largest absolute Gasteiger partial charge is 0.490 e. The van der Waals surface area contributed by atoms with Gasteiger partial charge in [0.05, 0.1) is 0 Å². The predicted molar refractivity (Wildman–Crippen MR) is 135 cm³/mol. The first-order chi connectivity index (χ1) is 15.2. The zero-order valence-electron chi connectivity index (χ0n) is 20.4. The summed E-state index contributed by atoms with van der Waals surface area (Å²) in [5, 5.41) is 0. The van der Waals surface area contributed by atoms with Gasteiger partial charge < -0.3 is 9.47 Å². The highest BCUT2D eigenvalue weighted by Gasteiger charge is 2.04. The van der Waals surface area contributed by atoms with Crippen LogP contribution in [0.4, 0.5) is 0 Å². The van der Waals surface area contributed by atoms with E-state index in [9.17, 15) is 0 Å². The molecule has 0 bridgehead atoms. The fraction of sp³-hybridized carbons (Fsp3) is 0.379. The lowest BCUT2D eigenvalue weighted by atomic mass is 9.98. The van der Waals surface area contributed by atoms with Gasteiger partial charge in [-0.15, -0.1) is 0 Å².